The maximum atomic E-state index is 9.47. The highest BCUT2D eigenvalue weighted by Crippen LogP contribution is 2.36. The van der Waals surface area contributed by atoms with Gasteiger partial charge in [0.15, 0.2) is 11.5 Å². The maximum absolute atomic E-state index is 9.47. The molecule has 0 aliphatic rings. The molecule has 14 heavy (non-hydrogen) atoms. The third-order valence-corrected chi connectivity index (χ3v) is 2.08. The number of hydrogen-bond donors (Lipinski definition) is 2. The molecule has 0 amide bonds. The first-order valence-corrected chi connectivity index (χ1v) is 4.33. The molecule has 1 aromatic carbocycles. The van der Waals surface area contributed by atoms with Crippen LogP contribution in [-0.4, -0.2) is 10.2 Å². The number of benzene rings is 1. The van der Waals surface area contributed by atoms with Gasteiger partial charge in [-0.1, -0.05) is 26.8 Å². The summed E-state index contributed by atoms with van der Waals surface area (Å²) in [6, 6.07) is 4.96. The van der Waals surface area contributed by atoms with Crippen molar-refractivity contribution < 1.29 is 10.2 Å². The Morgan fingerprint density at radius 3 is 2.21 bits per heavy atom. The van der Waals surface area contributed by atoms with Crippen molar-refractivity contribution in [1.29, 1.82) is 5.26 Å². The van der Waals surface area contributed by atoms with Gasteiger partial charge in [-0.3, -0.25) is 0 Å². The lowest BCUT2D eigenvalue weighted by Gasteiger charge is -2.20. The normalized spacial score (nSPS) is 11.0. The van der Waals surface area contributed by atoms with Crippen LogP contribution in [0.1, 0.15) is 31.9 Å². The molecular formula is C11H13NO2. The van der Waals surface area contributed by atoms with Gasteiger partial charge in [0, 0.05) is 0 Å². The monoisotopic (exact) mass is 191 g/mol. The first-order valence-electron chi connectivity index (χ1n) is 4.33. The quantitative estimate of drug-likeness (QED) is 0.618. The molecular weight excluding hydrogens is 178 g/mol. The molecule has 0 unspecified atom stereocenters. The summed E-state index contributed by atoms with van der Waals surface area (Å²) in [4.78, 5) is 0. The van der Waals surface area contributed by atoms with Crippen molar-refractivity contribution in [3.05, 3.63) is 23.3 Å². The minimum Gasteiger partial charge on any atom is -0.504 e. The molecule has 0 bridgehead atoms. The van der Waals surface area contributed by atoms with Crippen molar-refractivity contribution in [3.63, 3.8) is 0 Å². The van der Waals surface area contributed by atoms with Crippen LogP contribution in [0.4, 0.5) is 0 Å². The van der Waals surface area contributed by atoms with E-state index in [0.29, 0.717) is 0 Å². The van der Waals surface area contributed by atoms with Gasteiger partial charge >= 0.3 is 0 Å². The molecule has 0 spiro atoms. The van der Waals surface area contributed by atoms with E-state index in [9.17, 15) is 10.2 Å². The van der Waals surface area contributed by atoms with Crippen molar-refractivity contribution in [1.82, 2.24) is 0 Å². The maximum Gasteiger partial charge on any atom is 0.175 e. The van der Waals surface area contributed by atoms with E-state index < -0.39 is 0 Å². The third-order valence-electron chi connectivity index (χ3n) is 2.08. The number of phenols is 2. The summed E-state index contributed by atoms with van der Waals surface area (Å²) >= 11 is 0. The number of rotatable bonds is 0. The lowest BCUT2D eigenvalue weighted by Crippen LogP contribution is -2.13. The molecule has 0 radical (unpaired) electrons. The average molecular weight is 191 g/mol. The summed E-state index contributed by atoms with van der Waals surface area (Å²) in [5, 5.41) is 27.6. The summed E-state index contributed by atoms with van der Waals surface area (Å²) in [6.07, 6.45) is 0. The second-order valence-electron chi connectivity index (χ2n) is 4.22. The smallest absolute Gasteiger partial charge is 0.175 e. The van der Waals surface area contributed by atoms with Crippen molar-refractivity contribution in [2.24, 2.45) is 0 Å². The molecule has 0 aromatic heterocycles. The van der Waals surface area contributed by atoms with E-state index in [1.54, 1.807) is 6.07 Å². The Morgan fingerprint density at radius 1 is 1.21 bits per heavy atom. The molecule has 3 heteroatoms. The Kier molecular flexibility index (Phi) is 2.39. The van der Waals surface area contributed by atoms with Crippen LogP contribution in [-0.2, 0) is 5.41 Å². The summed E-state index contributed by atoms with van der Waals surface area (Å²) in [7, 11) is 0. The molecule has 1 rings (SSSR count). The van der Waals surface area contributed by atoms with Gasteiger partial charge < -0.3 is 10.2 Å². The Balaban J connectivity index is 3.49. The second kappa shape index (κ2) is 3.22. The first-order chi connectivity index (χ1) is 6.38. The fraction of sp³-hybridized carbons (Fsp3) is 0.364. The predicted octanol–water partition coefficient (Wildman–Crippen LogP) is 2.27. The summed E-state index contributed by atoms with van der Waals surface area (Å²) < 4.78 is 0. The molecule has 0 aliphatic carbocycles. The molecule has 0 fully saturated rings. The van der Waals surface area contributed by atoms with Gasteiger partial charge in [-0.05, 0) is 17.0 Å². The highest BCUT2D eigenvalue weighted by molar-refractivity contribution is 5.56. The zero-order chi connectivity index (χ0) is 10.9. The van der Waals surface area contributed by atoms with Crippen LogP contribution in [0, 0.1) is 11.3 Å². The fourth-order valence-corrected chi connectivity index (χ4v) is 1.32. The number of phenolic OH excluding ortho intramolecular Hbond substituents is 2. The standard InChI is InChI=1S/C11H13NO2/c1-11(2,3)8-4-5-9(13)10(14)7(8)6-12/h4-5,13-14H,1-3H3. The van der Waals surface area contributed by atoms with E-state index in [2.05, 4.69) is 0 Å². The van der Waals surface area contributed by atoms with E-state index in [0.717, 1.165) is 5.56 Å². The molecule has 0 atom stereocenters. The minimum absolute atomic E-state index is 0.150. The minimum atomic E-state index is -0.333. The van der Waals surface area contributed by atoms with E-state index in [4.69, 9.17) is 5.26 Å². The molecule has 3 nitrogen and oxygen atoms in total. The van der Waals surface area contributed by atoms with E-state index in [1.165, 1.54) is 6.07 Å². The van der Waals surface area contributed by atoms with Crippen LogP contribution >= 0.6 is 0 Å². The SMILES string of the molecule is CC(C)(C)c1ccc(O)c(O)c1C#N. The van der Waals surface area contributed by atoms with E-state index in [-0.39, 0.29) is 22.5 Å². The lowest BCUT2D eigenvalue weighted by atomic mass is 9.83. The Labute approximate surface area is 83.2 Å². The van der Waals surface area contributed by atoms with Crippen LogP contribution in [0.25, 0.3) is 0 Å². The number of hydrogen-bond acceptors (Lipinski definition) is 3. The predicted molar refractivity (Wildman–Crippen MR) is 53.2 cm³/mol. The molecule has 2 N–H and O–H groups in total. The van der Waals surface area contributed by atoms with Gasteiger partial charge in [0.2, 0.25) is 0 Å². The molecule has 0 aliphatic heterocycles. The highest BCUT2D eigenvalue weighted by Gasteiger charge is 2.21. The Morgan fingerprint density at radius 2 is 1.79 bits per heavy atom. The van der Waals surface area contributed by atoms with Crippen molar-refractivity contribution in [3.8, 4) is 17.6 Å². The average Bonchev–Trinajstić information content (AvgIpc) is 2.07. The lowest BCUT2D eigenvalue weighted by molar-refractivity contribution is 0.400. The zero-order valence-corrected chi connectivity index (χ0v) is 8.50. The topological polar surface area (TPSA) is 64.2 Å². The van der Waals surface area contributed by atoms with Gasteiger partial charge in [0.25, 0.3) is 0 Å². The van der Waals surface area contributed by atoms with Crippen LogP contribution in [0.2, 0.25) is 0 Å². The summed E-state index contributed by atoms with van der Waals surface area (Å²) in [5.41, 5.74) is 0.656. The van der Waals surface area contributed by atoms with Gasteiger partial charge in [0.1, 0.15) is 11.6 Å². The van der Waals surface area contributed by atoms with Crippen molar-refractivity contribution in [2.45, 2.75) is 26.2 Å². The van der Waals surface area contributed by atoms with Gasteiger partial charge in [-0.2, -0.15) is 5.26 Å². The molecule has 0 saturated heterocycles. The van der Waals surface area contributed by atoms with Crippen LogP contribution in [0.15, 0.2) is 12.1 Å². The van der Waals surface area contributed by atoms with Crippen LogP contribution in [0.3, 0.4) is 0 Å². The molecule has 0 saturated carbocycles. The Hall–Kier alpha value is -1.69. The Bertz CT molecular complexity index is 397. The number of nitriles is 1. The summed E-state index contributed by atoms with van der Waals surface area (Å²) in [6.45, 7) is 5.83. The summed E-state index contributed by atoms with van der Waals surface area (Å²) in [5.74, 6) is -0.588. The molecule has 1 aromatic rings. The molecule has 0 heterocycles. The van der Waals surface area contributed by atoms with E-state index >= 15 is 0 Å². The third kappa shape index (κ3) is 1.64. The van der Waals surface area contributed by atoms with Gasteiger partial charge in [-0.15, -0.1) is 0 Å². The fourth-order valence-electron chi connectivity index (χ4n) is 1.32. The van der Waals surface area contributed by atoms with E-state index in [1.807, 2.05) is 26.8 Å². The zero-order valence-electron chi connectivity index (χ0n) is 8.50. The largest absolute Gasteiger partial charge is 0.504 e. The highest BCUT2D eigenvalue weighted by atomic mass is 16.3. The number of nitrogens with zero attached hydrogens (tertiary/aromatic N) is 1. The second-order valence-corrected chi connectivity index (χ2v) is 4.22. The number of aromatic hydroxyl groups is 2. The van der Waals surface area contributed by atoms with Crippen LogP contribution < -0.4 is 0 Å². The first kappa shape index (κ1) is 10.4. The van der Waals surface area contributed by atoms with Gasteiger partial charge in [0.05, 0.1) is 0 Å². The van der Waals surface area contributed by atoms with Gasteiger partial charge in [-0.25, -0.2) is 0 Å². The van der Waals surface area contributed by atoms with Crippen LogP contribution in [0.5, 0.6) is 11.5 Å². The molecule has 74 valence electrons. The van der Waals surface area contributed by atoms with Crippen molar-refractivity contribution in [2.75, 3.05) is 0 Å². The van der Waals surface area contributed by atoms with Crippen molar-refractivity contribution >= 4 is 0 Å².